The normalized spacial score (nSPS) is 14.3. The summed E-state index contributed by atoms with van der Waals surface area (Å²) in [6.07, 6.45) is 9.46. The Kier molecular flexibility index (Phi) is 7.49. The van der Waals surface area contributed by atoms with Gasteiger partial charge in [-0.25, -0.2) is 0 Å². The van der Waals surface area contributed by atoms with Crippen LogP contribution in [-0.2, 0) is 0 Å². The zero-order valence-corrected chi connectivity index (χ0v) is 8.52. The number of allylic oxidation sites excluding steroid dienone is 2. The molecule has 60 valence electrons. The van der Waals surface area contributed by atoms with Crippen molar-refractivity contribution in [2.75, 3.05) is 0 Å². The zero-order chi connectivity index (χ0) is 7.82. The van der Waals surface area contributed by atoms with Crippen molar-refractivity contribution >= 4 is 15.9 Å². The fourth-order valence-electron chi connectivity index (χ4n) is 0.827. The summed E-state index contributed by atoms with van der Waals surface area (Å²) in [6, 6.07) is 0. The summed E-state index contributed by atoms with van der Waals surface area (Å²) in [5.41, 5.74) is 0. The smallest absolute Gasteiger partial charge is 0.0180 e. The number of hydrogen-bond acceptors (Lipinski definition) is 0. The van der Waals surface area contributed by atoms with E-state index < -0.39 is 0 Å². The third-order valence-electron chi connectivity index (χ3n) is 1.50. The highest BCUT2D eigenvalue weighted by molar-refractivity contribution is 9.09. The van der Waals surface area contributed by atoms with E-state index in [1.54, 1.807) is 0 Å². The molecule has 0 saturated heterocycles. The van der Waals surface area contributed by atoms with Crippen LogP contribution in [0.3, 0.4) is 0 Å². The lowest BCUT2D eigenvalue weighted by molar-refractivity contribution is 0.694. The van der Waals surface area contributed by atoms with E-state index in [9.17, 15) is 0 Å². The summed E-state index contributed by atoms with van der Waals surface area (Å²) in [7, 11) is 0. The van der Waals surface area contributed by atoms with Gasteiger partial charge in [-0.2, -0.15) is 0 Å². The standard InChI is InChI=1S/C9H17Br/c1-3-5-7-9(10)8-6-4-2/h3,5,9H,4,6-8H2,1-2H3. The zero-order valence-electron chi connectivity index (χ0n) is 6.94. The van der Waals surface area contributed by atoms with Gasteiger partial charge in [-0.3, -0.25) is 0 Å². The van der Waals surface area contributed by atoms with Crippen molar-refractivity contribution in [3.05, 3.63) is 12.2 Å². The van der Waals surface area contributed by atoms with Crippen LogP contribution in [-0.4, -0.2) is 4.83 Å². The number of halogens is 1. The minimum absolute atomic E-state index is 0.698. The van der Waals surface area contributed by atoms with Gasteiger partial charge in [0.2, 0.25) is 0 Å². The molecule has 0 amide bonds. The predicted octanol–water partition coefficient (Wildman–Crippen LogP) is 3.91. The Morgan fingerprint density at radius 3 is 2.70 bits per heavy atom. The molecule has 1 unspecified atom stereocenters. The van der Waals surface area contributed by atoms with Crippen LogP contribution in [0.25, 0.3) is 0 Å². The monoisotopic (exact) mass is 204 g/mol. The Morgan fingerprint density at radius 2 is 2.20 bits per heavy atom. The molecule has 0 N–H and O–H groups in total. The van der Waals surface area contributed by atoms with Gasteiger partial charge in [0.25, 0.3) is 0 Å². The Labute approximate surface area is 72.8 Å². The highest BCUT2D eigenvalue weighted by Crippen LogP contribution is 2.13. The van der Waals surface area contributed by atoms with Crippen LogP contribution in [0, 0.1) is 0 Å². The van der Waals surface area contributed by atoms with Gasteiger partial charge >= 0.3 is 0 Å². The molecule has 0 rings (SSSR count). The SMILES string of the molecule is CC=CCC(Br)CCCC. The van der Waals surface area contributed by atoms with Crippen LogP contribution in [0.2, 0.25) is 0 Å². The summed E-state index contributed by atoms with van der Waals surface area (Å²) >= 11 is 3.63. The first-order chi connectivity index (χ1) is 4.81. The molecule has 10 heavy (non-hydrogen) atoms. The van der Waals surface area contributed by atoms with Crippen molar-refractivity contribution in [2.45, 2.75) is 44.4 Å². The highest BCUT2D eigenvalue weighted by atomic mass is 79.9. The number of hydrogen-bond donors (Lipinski definition) is 0. The Morgan fingerprint density at radius 1 is 1.50 bits per heavy atom. The van der Waals surface area contributed by atoms with Crippen molar-refractivity contribution < 1.29 is 0 Å². The van der Waals surface area contributed by atoms with Crippen LogP contribution >= 0.6 is 15.9 Å². The number of rotatable bonds is 5. The maximum absolute atomic E-state index is 3.63. The van der Waals surface area contributed by atoms with Gasteiger partial charge < -0.3 is 0 Å². The van der Waals surface area contributed by atoms with Gasteiger partial charge in [0, 0.05) is 4.83 Å². The largest absolute Gasteiger partial charge is 0.0916 e. The summed E-state index contributed by atoms with van der Waals surface area (Å²) in [4.78, 5) is 0.698. The van der Waals surface area contributed by atoms with Crippen LogP contribution in [0.5, 0.6) is 0 Å². The second-order valence-electron chi connectivity index (χ2n) is 2.54. The molecule has 0 aliphatic rings. The van der Waals surface area contributed by atoms with E-state index in [0.717, 1.165) is 0 Å². The maximum atomic E-state index is 3.63. The fourth-order valence-corrected chi connectivity index (χ4v) is 1.37. The minimum Gasteiger partial charge on any atom is -0.0916 e. The first kappa shape index (κ1) is 10.2. The second kappa shape index (κ2) is 7.33. The Balaban J connectivity index is 3.16. The van der Waals surface area contributed by atoms with Gasteiger partial charge in [0.15, 0.2) is 0 Å². The molecule has 0 nitrogen and oxygen atoms in total. The first-order valence-electron chi connectivity index (χ1n) is 4.06. The van der Waals surface area contributed by atoms with Crippen LogP contribution < -0.4 is 0 Å². The van der Waals surface area contributed by atoms with Crippen LogP contribution in [0.1, 0.15) is 39.5 Å². The highest BCUT2D eigenvalue weighted by Gasteiger charge is 1.98. The lowest BCUT2D eigenvalue weighted by Crippen LogP contribution is -1.94. The quantitative estimate of drug-likeness (QED) is 0.471. The molecular weight excluding hydrogens is 188 g/mol. The average Bonchev–Trinajstić information content (AvgIpc) is 1.97. The van der Waals surface area contributed by atoms with Gasteiger partial charge in [-0.1, -0.05) is 47.8 Å². The second-order valence-corrected chi connectivity index (χ2v) is 3.84. The van der Waals surface area contributed by atoms with E-state index in [1.165, 1.54) is 25.7 Å². The molecule has 0 aromatic heterocycles. The molecule has 0 spiro atoms. The van der Waals surface area contributed by atoms with Gasteiger partial charge in [0.1, 0.15) is 0 Å². The minimum atomic E-state index is 0.698. The molecule has 1 heteroatoms. The molecule has 1 atom stereocenters. The van der Waals surface area contributed by atoms with E-state index >= 15 is 0 Å². The van der Waals surface area contributed by atoms with Crippen molar-refractivity contribution in [2.24, 2.45) is 0 Å². The van der Waals surface area contributed by atoms with E-state index in [-0.39, 0.29) is 0 Å². The molecule has 0 saturated carbocycles. The molecule has 0 aliphatic carbocycles. The summed E-state index contributed by atoms with van der Waals surface area (Å²) in [5.74, 6) is 0. The lowest BCUT2D eigenvalue weighted by atomic mass is 10.1. The molecule has 0 aliphatic heterocycles. The Bertz CT molecular complexity index is 86.7. The number of alkyl halides is 1. The van der Waals surface area contributed by atoms with Crippen molar-refractivity contribution in [1.29, 1.82) is 0 Å². The molecule has 0 bridgehead atoms. The Hall–Kier alpha value is 0.220. The molecule has 0 aromatic carbocycles. The summed E-state index contributed by atoms with van der Waals surface area (Å²) in [5, 5.41) is 0. The first-order valence-corrected chi connectivity index (χ1v) is 4.98. The summed E-state index contributed by atoms with van der Waals surface area (Å²) in [6.45, 7) is 4.30. The average molecular weight is 205 g/mol. The molecule has 0 heterocycles. The third-order valence-corrected chi connectivity index (χ3v) is 2.33. The lowest BCUT2D eigenvalue weighted by Gasteiger charge is -2.03. The van der Waals surface area contributed by atoms with Gasteiger partial charge in [-0.05, 0) is 19.8 Å². The third kappa shape index (κ3) is 6.34. The maximum Gasteiger partial charge on any atom is 0.0180 e. The van der Waals surface area contributed by atoms with Gasteiger partial charge in [-0.15, -0.1) is 0 Å². The van der Waals surface area contributed by atoms with E-state index in [0.29, 0.717) is 4.83 Å². The molecule has 0 radical (unpaired) electrons. The van der Waals surface area contributed by atoms with Crippen LogP contribution in [0.15, 0.2) is 12.2 Å². The van der Waals surface area contributed by atoms with E-state index in [4.69, 9.17) is 0 Å². The topological polar surface area (TPSA) is 0 Å². The number of unbranched alkanes of at least 4 members (excludes halogenated alkanes) is 1. The molecule has 0 aromatic rings. The summed E-state index contributed by atoms with van der Waals surface area (Å²) < 4.78 is 0. The van der Waals surface area contributed by atoms with E-state index in [2.05, 4.69) is 41.9 Å². The molecule has 0 fully saturated rings. The van der Waals surface area contributed by atoms with Crippen LogP contribution in [0.4, 0.5) is 0 Å². The molecular formula is C9H17Br. The van der Waals surface area contributed by atoms with Crippen molar-refractivity contribution in [3.63, 3.8) is 0 Å². The van der Waals surface area contributed by atoms with Gasteiger partial charge in [0.05, 0.1) is 0 Å². The fraction of sp³-hybridized carbons (Fsp3) is 0.778. The predicted molar refractivity (Wildman–Crippen MR) is 51.7 cm³/mol. The van der Waals surface area contributed by atoms with Crippen molar-refractivity contribution in [3.8, 4) is 0 Å². The van der Waals surface area contributed by atoms with Crippen molar-refractivity contribution in [1.82, 2.24) is 0 Å². The van der Waals surface area contributed by atoms with E-state index in [1.807, 2.05) is 0 Å².